The molecule has 2 aromatic carbocycles. The molecule has 0 atom stereocenters. The molecule has 0 heterocycles. The molecule has 1 amide bonds. The van der Waals surface area contributed by atoms with Gasteiger partial charge in [0.25, 0.3) is 5.91 Å². The van der Waals surface area contributed by atoms with E-state index in [-0.39, 0.29) is 18.1 Å². The van der Waals surface area contributed by atoms with Crippen molar-refractivity contribution in [3.8, 4) is 6.07 Å². The lowest BCUT2D eigenvalue weighted by Gasteiger charge is -2.10. The molecule has 2 aromatic rings. The third-order valence-electron chi connectivity index (χ3n) is 3.51. The lowest BCUT2D eigenvalue weighted by Crippen LogP contribution is -2.12. The van der Waals surface area contributed by atoms with E-state index in [2.05, 4.69) is 10.6 Å². The summed E-state index contributed by atoms with van der Waals surface area (Å²) in [6.07, 6.45) is 1.30. The third kappa shape index (κ3) is 4.95. The number of carbonyl (C=O) groups is 2. The van der Waals surface area contributed by atoms with Gasteiger partial charge in [-0.1, -0.05) is 18.2 Å². The Morgan fingerprint density at radius 2 is 1.92 bits per heavy atom. The van der Waals surface area contributed by atoms with Crippen molar-refractivity contribution in [3.05, 3.63) is 71.4 Å². The van der Waals surface area contributed by atoms with E-state index >= 15 is 0 Å². The molecule has 0 bridgehead atoms. The molecule has 0 aromatic heterocycles. The van der Waals surface area contributed by atoms with Crippen molar-refractivity contribution in [1.82, 2.24) is 0 Å². The summed E-state index contributed by atoms with van der Waals surface area (Å²) in [6.45, 7) is 3.73. The molecule has 0 spiro atoms. The molecule has 0 radical (unpaired) electrons. The molecule has 0 saturated heterocycles. The molecule has 2 rings (SSSR count). The zero-order chi connectivity index (χ0) is 18.9. The number of ether oxygens (including phenoxy) is 1. The standard InChI is InChI=1S/C20H19N3O3/c1-3-26-20(25)16(12-21)13-22-17-9-10-18(14(2)11-17)23-19(24)15-7-5-4-6-8-15/h4-11,13,22H,3H2,1-2H3,(H,23,24)/b16-13-. The molecule has 6 heteroatoms. The van der Waals surface area contributed by atoms with Gasteiger partial charge in [-0.25, -0.2) is 4.79 Å². The second-order valence-electron chi connectivity index (χ2n) is 5.38. The number of hydrogen-bond acceptors (Lipinski definition) is 5. The summed E-state index contributed by atoms with van der Waals surface area (Å²) in [5, 5.41) is 14.7. The van der Waals surface area contributed by atoms with Gasteiger partial charge in [-0.05, 0) is 49.7 Å². The van der Waals surface area contributed by atoms with Crippen LogP contribution in [0, 0.1) is 18.3 Å². The number of nitrogens with one attached hydrogen (secondary N) is 2. The summed E-state index contributed by atoms with van der Waals surface area (Å²) in [6, 6.07) is 16.0. The van der Waals surface area contributed by atoms with Crippen molar-refractivity contribution in [2.75, 3.05) is 17.2 Å². The van der Waals surface area contributed by atoms with E-state index in [1.54, 1.807) is 55.5 Å². The van der Waals surface area contributed by atoms with E-state index in [9.17, 15) is 9.59 Å². The van der Waals surface area contributed by atoms with E-state index in [1.165, 1.54) is 6.20 Å². The average molecular weight is 349 g/mol. The second-order valence-corrected chi connectivity index (χ2v) is 5.38. The Kier molecular flexibility index (Phi) is 6.52. The van der Waals surface area contributed by atoms with Crippen molar-refractivity contribution in [3.63, 3.8) is 0 Å². The van der Waals surface area contributed by atoms with Crippen LogP contribution in [0.2, 0.25) is 0 Å². The highest BCUT2D eigenvalue weighted by atomic mass is 16.5. The van der Waals surface area contributed by atoms with E-state index < -0.39 is 5.97 Å². The van der Waals surface area contributed by atoms with Gasteiger partial charge in [0.2, 0.25) is 0 Å². The summed E-state index contributed by atoms with van der Waals surface area (Å²) in [5.74, 6) is -0.866. The minimum Gasteiger partial charge on any atom is -0.462 e. The van der Waals surface area contributed by atoms with Gasteiger partial charge in [-0.3, -0.25) is 4.79 Å². The number of nitrogens with zero attached hydrogens (tertiary/aromatic N) is 1. The monoisotopic (exact) mass is 349 g/mol. The number of aryl methyl sites for hydroxylation is 1. The van der Waals surface area contributed by atoms with E-state index in [1.807, 2.05) is 13.0 Å². The molecule has 0 aliphatic rings. The second kappa shape index (κ2) is 9.04. The first-order valence-corrected chi connectivity index (χ1v) is 8.06. The maximum atomic E-state index is 12.2. The van der Waals surface area contributed by atoms with Gasteiger partial charge < -0.3 is 15.4 Å². The highest BCUT2D eigenvalue weighted by Gasteiger charge is 2.10. The molecule has 0 fully saturated rings. The van der Waals surface area contributed by atoms with Gasteiger partial charge in [0.15, 0.2) is 5.57 Å². The fourth-order valence-corrected chi connectivity index (χ4v) is 2.18. The summed E-state index contributed by atoms with van der Waals surface area (Å²) in [7, 11) is 0. The molecule has 0 saturated carbocycles. The number of carbonyl (C=O) groups excluding carboxylic acids is 2. The molecule has 26 heavy (non-hydrogen) atoms. The maximum Gasteiger partial charge on any atom is 0.350 e. The molecular formula is C20H19N3O3. The summed E-state index contributed by atoms with van der Waals surface area (Å²) < 4.78 is 4.79. The van der Waals surface area contributed by atoms with Crippen LogP contribution >= 0.6 is 0 Å². The van der Waals surface area contributed by atoms with E-state index in [0.717, 1.165) is 5.56 Å². The van der Waals surface area contributed by atoms with Crippen LogP contribution in [0.1, 0.15) is 22.8 Å². The van der Waals surface area contributed by atoms with Crippen molar-refractivity contribution in [2.45, 2.75) is 13.8 Å². The number of nitriles is 1. The van der Waals surface area contributed by atoms with Gasteiger partial charge in [0, 0.05) is 23.1 Å². The van der Waals surface area contributed by atoms with E-state index in [4.69, 9.17) is 10.00 Å². The summed E-state index contributed by atoms with van der Waals surface area (Å²) in [5.41, 5.74) is 2.65. The van der Waals surface area contributed by atoms with Crippen LogP contribution < -0.4 is 10.6 Å². The number of anilines is 2. The third-order valence-corrected chi connectivity index (χ3v) is 3.51. The smallest absolute Gasteiger partial charge is 0.350 e. The lowest BCUT2D eigenvalue weighted by molar-refractivity contribution is -0.138. The molecule has 0 unspecified atom stereocenters. The minimum atomic E-state index is -0.675. The first kappa shape index (κ1) is 18.7. The number of esters is 1. The largest absolute Gasteiger partial charge is 0.462 e. The van der Waals surface area contributed by atoms with Crippen LogP contribution in [0.3, 0.4) is 0 Å². The fourth-order valence-electron chi connectivity index (χ4n) is 2.18. The minimum absolute atomic E-state index is 0.119. The van der Waals surface area contributed by atoms with Gasteiger partial charge in [0.1, 0.15) is 6.07 Å². The van der Waals surface area contributed by atoms with Crippen LogP contribution in [0.4, 0.5) is 11.4 Å². The van der Waals surface area contributed by atoms with Crippen molar-refractivity contribution in [2.24, 2.45) is 0 Å². The van der Waals surface area contributed by atoms with Gasteiger partial charge in [-0.2, -0.15) is 5.26 Å². The Balaban J connectivity index is 2.08. The highest BCUT2D eigenvalue weighted by Crippen LogP contribution is 2.20. The number of rotatable bonds is 6. The van der Waals surface area contributed by atoms with E-state index in [0.29, 0.717) is 16.9 Å². The highest BCUT2D eigenvalue weighted by molar-refractivity contribution is 6.04. The van der Waals surface area contributed by atoms with Crippen molar-refractivity contribution >= 4 is 23.3 Å². The van der Waals surface area contributed by atoms with Crippen LogP contribution in [-0.2, 0) is 9.53 Å². The Morgan fingerprint density at radius 3 is 2.54 bits per heavy atom. The van der Waals surface area contributed by atoms with Gasteiger partial charge >= 0.3 is 5.97 Å². The molecule has 0 aliphatic carbocycles. The Morgan fingerprint density at radius 1 is 1.19 bits per heavy atom. The zero-order valence-corrected chi connectivity index (χ0v) is 14.6. The Bertz CT molecular complexity index is 868. The SMILES string of the molecule is CCOC(=O)/C(C#N)=C\Nc1ccc(NC(=O)c2ccccc2)c(C)c1. The normalized spacial score (nSPS) is 10.6. The lowest BCUT2D eigenvalue weighted by atomic mass is 10.1. The zero-order valence-electron chi connectivity index (χ0n) is 14.6. The van der Waals surface area contributed by atoms with Gasteiger partial charge in [-0.15, -0.1) is 0 Å². The van der Waals surface area contributed by atoms with Crippen LogP contribution in [0.15, 0.2) is 60.3 Å². The number of benzene rings is 2. The fraction of sp³-hybridized carbons (Fsp3) is 0.150. The first-order chi connectivity index (χ1) is 12.5. The summed E-state index contributed by atoms with van der Waals surface area (Å²) >= 11 is 0. The Hall–Kier alpha value is -3.59. The maximum absolute atomic E-state index is 12.2. The Labute approximate surface area is 152 Å². The quantitative estimate of drug-likeness (QED) is 0.472. The molecule has 132 valence electrons. The van der Waals surface area contributed by atoms with Crippen LogP contribution in [-0.4, -0.2) is 18.5 Å². The topological polar surface area (TPSA) is 91.2 Å². The van der Waals surface area contributed by atoms with Crippen LogP contribution in [0.25, 0.3) is 0 Å². The predicted octanol–water partition coefficient (Wildman–Crippen LogP) is 3.63. The molecule has 0 aliphatic heterocycles. The molecule has 2 N–H and O–H groups in total. The summed E-state index contributed by atoms with van der Waals surface area (Å²) in [4.78, 5) is 23.8. The first-order valence-electron chi connectivity index (χ1n) is 8.06. The number of amides is 1. The molecule has 6 nitrogen and oxygen atoms in total. The van der Waals surface area contributed by atoms with Crippen molar-refractivity contribution < 1.29 is 14.3 Å². The average Bonchev–Trinajstić information content (AvgIpc) is 2.65. The molecular weight excluding hydrogens is 330 g/mol. The van der Waals surface area contributed by atoms with Crippen LogP contribution in [0.5, 0.6) is 0 Å². The van der Waals surface area contributed by atoms with Gasteiger partial charge in [0.05, 0.1) is 6.61 Å². The number of hydrogen-bond donors (Lipinski definition) is 2. The van der Waals surface area contributed by atoms with Crippen molar-refractivity contribution in [1.29, 1.82) is 5.26 Å². The predicted molar refractivity (Wildman–Crippen MR) is 99.5 cm³/mol.